The molecule has 1 aliphatic rings. The van der Waals surface area contributed by atoms with Crippen molar-refractivity contribution in [2.75, 3.05) is 17.4 Å². The fourth-order valence-electron chi connectivity index (χ4n) is 3.39. The van der Waals surface area contributed by atoms with Crippen molar-refractivity contribution in [3.8, 4) is 11.5 Å². The van der Waals surface area contributed by atoms with E-state index in [0.29, 0.717) is 28.4 Å². The lowest BCUT2D eigenvalue weighted by Crippen LogP contribution is -2.30. The standard InChI is InChI=1S/C23H21FN4O5/c1-12-6-15(4-5-17(12)24)26-23-25-13(2)7-22(31)28(23)10-21(30)27-18-9-20-19(32-11-33-20)8-16(18)14(3)29/h4-9H,10-11H2,1-3H3,(H,25,26)(H,27,30). The number of nitrogens with one attached hydrogen (secondary N) is 2. The first-order chi connectivity index (χ1) is 15.7. The molecule has 4 rings (SSSR count). The molecule has 2 heterocycles. The monoisotopic (exact) mass is 452 g/mol. The Morgan fingerprint density at radius 1 is 1.12 bits per heavy atom. The summed E-state index contributed by atoms with van der Waals surface area (Å²) in [6, 6.07) is 8.69. The minimum atomic E-state index is -0.553. The summed E-state index contributed by atoms with van der Waals surface area (Å²) in [4.78, 5) is 41.9. The molecule has 0 saturated heterocycles. The van der Waals surface area contributed by atoms with E-state index in [1.54, 1.807) is 19.9 Å². The van der Waals surface area contributed by atoms with Gasteiger partial charge in [0.05, 0.1) is 5.69 Å². The van der Waals surface area contributed by atoms with Crippen LogP contribution in [0.4, 0.5) is 21.7 Å². The molecule has 2 N–H and O–H groups in total. The summed E-state index contributed by atoms with van der Waals surface area (Å²) in [5, 5.41) is 5.63. The smallest absolute Gasteiger partial charge is 0.255 e. The molecular weight excluding hydrogens is 431 g/mol. The van der Waals surface area contributed by atoms with Crippen LogP contribution in [0.5, 0.6) is 11.5 Å². The van der Waals surface area contributed by atoms with Crippen molar-refractivity contribution in [1.82, 2.24) is 9.55 Å². The highest BCUT2D eigenvalue weighted by Gasteiger charge is 2.21. The third kappa shape index (κ3) is 4.69. The molecule has 0 aliphatic carbocycles. The molecule has 0 atom stereocenters. The third-order valence-electron chi connectivity index (χ3n) is 5.02. The van der Waals surface area contributed by atoms with Crippen LogP contribution in [-0.2, 0) is 11.3 Å². The first kappa shape index (κ1) is 22.0. The number of carbonyl (C=O) groups excluding carboxylic acids is 2. The second kappa shape index (κ2) is 8.73. The number of aromatic nitrogens is 2. The number of anilines is 3. The van der Waals surface area contributed by atoms with Crippen molar-refractivity contribution in [3.05, 3.63) is 69.4 Å². The van der Waals surface area contributed by atoms with Crippen LogP contribution in [0.2, 0.25) is 0 Å². The van der Waals surface area contributed by atoms with Crippen molar-refractivity contribution in [2.45, 2.75) is 27.3 Å². The van der Waals surface area contributed by atoms with E-state index in [1.165, 1.54) is 37.3 Å². The molecular formula is C23H21FN4O5. The average molecular weight is 452 g/mol. The molecule has 0 spiro atoms. The summed E-state index contributed by atoms with van der Waals surface area (Å²) < 4.78 is 25.4. The molecule has 33 heavy (non-hydrogen) atoms. The molecule has 1 aromatic heterocycles. The largest absolute Gasteiger partial charge is 0.454 e. The van der Waals surface area contributed by atoms with E-state index in [2.05, 4.69) is 15.6 Å². The fraction of sp³-hybridized carbons (Fsp3) is 0.217. The Morgan fingerprint density at radius 3 is 2.55 bits per heavy atom. The van der Waals surface area contributed by atoms with E-state index in [9.17, 15) is 18.8 Å². The van der Waals surface area contributed by atoms with E-state index in [-0.39, 0.29) is 42.1 Å². The molecule has 10 heteroatoms. The second-order valence-electron chi connectivity index (χ2n) is 7.59. The lowest BCUT2D eigenvalue weighted by atomic mass is 10.1. The van der Waals surface area contributed by atoms with E-state index in [1.807, 2.05) is 0 Å². The number of ketones is 1. The number of ether oxygens (including phenoxy) is 2. The first-order valence-corrected chi connectivity index (χ1v) is 10.1. The van der Waals surface area contributed by atoms with Crippen LogP contribution in [0.3, 0.4) is 0 Å². The fourth-order valence-corrected chi connectivity index (χ4v) is 3.39. The normalized spacial score (nSPS) is 11.9. The van der Waals surface area contributed by atoms with Gasteiger partial charge >= 0.3 is 0 Å². The molecule has 3 aromatic rings. The van der Waals surface area contributed by atoms with Gasteiger partial charge in [0.25, 0.3) is 5.56 Å². The topological polar surface area (TPSA) is 112 Å². The van der Waals surface area contributed by atoms with Gasteiger partial charge in [0.1, 0.15) is 12.4 Å². The molecule has 0 saturated carbocycles. The van der Waals surface area contributed by atoms with Crippen LogP contribution in [0, 0.1) is 19.7 Å². The molecule has 0 unspecified atom stereocenters. The third-order valence-corrected chi connectivity index (χ3v) is 5.02. The Bertz CT molecular complexity index is 1340. The van der Waals surface area contributed by atoms with Crippen LogP contribution in [-0.4, -0.2) is 28.0 Å². The number of hydrogen-bond donors (Lipinski definition) is 2. The zero-order chi connectivity index (χ0) is 23.7. The molecule has 1 aliphatic heterocycles. The molecule has 1 amide bonds. The molecule has 9 nitrogen and oxygen atoms in total. The lowest BCUT2D eigenvalue weighted by Gasteiger charge is -2.15. The number of fused-ring (bicyclic) bond motifs is 1. The number of halogens is 1. The minimum Gasteiger partial charge on any atom is -0.454 e. The van der Waals surface area contributed by atoms with Gasteiger partial charge in [0.2, 0.25) is 18.6 Å². The van der Waals surface area contributed by atoms with E-state index < -0.39 is 11.5 Å². The Kier molecular flexibility index (Phi) is 5.82. The number of benzene rings is 2. The zero-order valence-electron chi connectivity index (χ0n) is 18.2. The minimum absolute atomic E-state index is 0.0202. The summed E-state index contributed by atoms with van der Waals surface area (Å²) in [5.41, 5.74) is 1.42. The summed E-state index contributed by atoms with van der Waals surface area (Å²) in [5.74, 6) is -0.246. The number of carbonyl (C=O) groups is 2. The summed E-state index contributed by atoms with van der Waals surface area (Å²) in [6.45, 7) is 4.28. The second-order valence-corrected chi connectivity index (χ2v) is 7.59. The molecule has 0 bridgehead atoms. The van der Waals surface area contributed by atoms with Gasteiger partial charge in [-0.05, 0) is 50.6 Å². The maximum atomic E-state index is 13.6. The van der Waals surface area contributed by atoms with Crippen molar-refractivity contribution in [1.29, 1.82) is 0 Å². The lowest BCUT2D eigenvalue weighted by molar-refractivity contribution is -0.116. The van der Waals surface area contributed by atoms with Gasteiger partial charge in [0, 0.05) is 29.1 Å². The van der Waals surface area contributed by atoms with Crippen LogP contribution in [0.1, 0.15) is 28.5 Å². The highest BCUT2D eigenvalue weighted by Crippen LogP contribution is 2.37. The van der Waals surface area contributed by atoms with Gasteiger partial charge in [0.15, 0.2) is 17.3 Å². The summed E-state index contributed by atoms with van der Waals surface area (Å²) in [7, 11) is 0. The maximum Gasteiger partial charge on any atom is 0.255 e. The Balaban J connectivity index is 1.62. The van der Waals surface area contributed by atoms with Gasteiger partial charge in [-0.1, -0.05) is 0 Å². The first-order valence-electron chi connectivity index (χ1n) is 10.1. The van der Waals surface area contributed by atoms with Crippen molar-refractivity contribution < 1.29 is 23.5 Å². The predicted molar refractivity (Wildman–Crippen MR) is 119 cm³/mol. The Labute approximate surface area is 188 Å². The molecule has 0 radical (unpaired) electrons. The average Bonchev–Trinajstić information content (AvgIpc) is 3.20. The quantitative estimate of drug-likeness (QED) is 0.552. The number of nitrogens with zero attached hydrogens (tertiary/aromatic N) is 2. The molecule has 2 aromatic carbocycles. The summed E-state index contributed by atoms with van der Waals surface area (Å²) >= 11 is 0. The highest BCUT2D eigenvalue weighted by molar-refractivity contribution is 6.04. The zero-order valence-corrected chi connectivity index (χ0v) is 18.2. The van der Waals surface area contributed by atoms with Crippen molar-refractivity contribution >= 4 is 29.0 Å². The molecule has 170 valence electrons. The van der Waals surface area contributed by atoms with Gasteiger partial charge in [-0.15, -0.1) is 0 Å². The number of rotatable bonds is 6. The van der Waals surface area contributed by atoms with Crippen LogP contribution in [0.15, 0.2) is 41.2 Å². The molecule has 0 fully saturated rings. The van der Waals surface area contributed by atoms with E-state index in [4.69, 9.17) is 9.47 Å². The van der Waals surface area contributed by atoms with Gasteiger partial charge in [-0.3, -0.25) is 19.0 Å². The van der Waals surface area contributed by atoms with Gasteiger partial charge in [-0.2, -0.15) is 0 Å². The Hall–Kier alpha value is -4.21. The number of amides is 1. The highest BCUT2D eigenvalue weighted by atomic mass is 19.1. The van der Waals surface area contributed by atoms with Crippen LogP contribution < -0.4 is 25.7 Å². The predicted octanol–water partition coefficient (Wildman–Crippen LogP) is 3.31. The van der Waals surface area contributed by atoms with Crippen LogP contribution >= 0.6 is 0 Å². The number of Topliss-reactive ketones (excluding diaryl/α,β-unsaturated/α-hetero) is 1. The van der Waals surface area contributed by atoms with Crippen molar-refractivity contribution in [3.63, 3.8) is 0 Å². The SMILES string of the molecule is CC(=O)c1cc2c(cc1NC(=O)Cn1c(Nc3ccc(F)c(C)c3)nc(C)cc1=O)OCO2. The van der Waals surface area contributed by atoms with Crippen molar-refractivity contribution in [2.24, 2.45) is 0 Å². The van der Waals surface area contributed by atoms with E-state index in [0.717, 1.165) is 4.57 Å². The van der Waals surface area contributed by atoms with Gasteiger partial charge in [-0.25, -0.2) is 9.37 Å². The number of hydrogen-bond acceptors (Lipinski definition) is 7. The summed E-state index contributed by atoms with van der Waals surface area (Å²) in [6.07, 6.45) is 0. The van der Waals surface area contributed by atoms with E-state index >= 15 is 0 Å². The van der Waals surface area contributed by atoms with Crippen LogP contribution in [0.25, 0.3) is 0 Å². The van der Waals surface area contributed by atoms with Gasteiger partial charge < -0.3 is 20.1 Å². The maximum absolute atomic E-state index is 13.6. The Morgan fingerprint density at radius 2 is 1.85 bits per heavy atom. The number of aryl methyl sites for hydroxylation is 2.